The lowest BCUT2D eigenvalue weighted by atomic mass is 9.75. The maximum absolute atomic E-state index is 13.5. The molecule has 3 nitrogen and oxygen atoms in total. The van der Waals surface area contributed by atoms with Crippen LogP contribution in [0.15, 0.2) is 66.7 Å². The molecule has 0 amide bonds. The van der Waals surface area contributed by atoms with E-state index in [2.05, 4.69) is 29.2 Å². The minimum Gasteiger partial charge on any atom is -0.508 e. The number of likely N-dealkylation sites (tertiary alicyclic amines) is 1. The Morgan fingerprint density at radius 2 is 1.61 bits per heavy atom. The van der Waals surface area contributed by atoms with Crippen molar-refractivity contribution >= 4 is 0 Å². The van der Waals surface area contributed by atoms with Crippen LogP contribution in [-0.4, -0.2) is 36.2 Å². The maximum Gasteiger partial charge on any atom is 0.123 e. The van der Waals surface area contributed by atoms with Gasteiger partial charge in [0.1, 0.15) is 17.3 Å². The van der Waals surface area contributed by atoms with Crippen molar-refractivity contribution in [2.24, 2.45) is 0 Å². The van der Waals surface area contributed by atoms with Gasteiger partial charge in [-0.15, -0.1) is 0 Å². The molecule has 0 aromatic heterocycles. The fourth-order valence-electron chi connectivity index (χ4n) is 5.00. The Labute approximate surface area is 183 Å². The third-order valence-corrected chi connectivity index (χ3v) is 6.70. The molecule has 4 heteroatoms. The zero-order chi connectivity index (χ0) is 21.2. The molecular weight excluding hydrogens is 389 g/mol. The molecule has 0 aliphatic carbocycles. The van der Waals surface area contributed by atoms with E-state index in [0.29, 0.717) is 6.61 Å². The van der Waals surface area contributed by atoms with Gasteiger partial charge < -0.3 is 14.7 Å². The van der Waals surface area contributed by atoms with Crippen LogP contribution in [0.5, 0.6) is 11.5 Å². The van der Waals surface area contributed by atoms with Gasteiger partial charge in [-0.25, -0.2) is 4.39 Å². The summed E-state index contributed by atoms with van der Waals surface area (Å²) >= 11 is 0. The number of aromatic hydroxyl groups is 1. The van der Waals surface area contributed by atoms with Gasteiger partial charge in [0.05, 0.1) is 6.61 Å². The molecule has 31 heavy (non-hydrogen) atoms. The number of hydrogen-bond donors (Lipinski definition) is 1. The molecule has 0 saturated carbocycles. The Balaban J connectivity index is 1.45. The molecule has 0 radical (unpaired) electrons. The quantitative estimate of drug-likeness (QED) is 0.597. The first-order valence-corrected chi connectivity index (χ1v) is 11.2. The van der Waals surface area contributed by atoms with Gasteiger partial charge in [0.15, 0.2) is 0 Å². The molecule has 1 fully saturated rings. The summed E-state index contributed by atoms with van der Waals surface area (Å²) in [5.74, 6) is 0.880. The summed E-state index contributed by atoms with van der Waals surface area (Å²) in [6, 6.07) is 20.9. The van der Waals surface area contributed by atoms with Crippen LogP contribution in [0, 0.1) is 5.82 Å². The van der Waals surface area contributed by atoms with Gasteiger partial charge in [0.25, 0.3) is 0 Å². The summed E-state index contributed by atoms with van der Waals surface area (Å²) in [5.41, 5.74) is 4.55. The molecule has 160 valence electrons. The predicted molar refractivity (Wildman–Crippen MR) is 120 cm³/mol. The third-order valence-electron chi connectivity index (χ3n) is 6.70. The standard InChI is InChI=1S/C27H28FNO2/c28-22-9-7-20(8-10-22)25-18-31-26-12-11-23(30)17-24(26)27(25)21-5-3-19(4-6-21)13-16-29-14-1-2-15-29/h3-12,17,25,27,30H,1-2,13-16,18H2. The number of phenols is 1. The van der Waals surface area contributed by atoms with E-state index in [-0.39, 0.29) is 23.4 Å². The fourth-order valence-corrected chi connectivity index (χ4v) is 5.00. The largest absolute Gasteiger partial charge is 0.508 e. The number of rotatable bonds is 5. The number of halogens is 1. The van der Waals surface area contributed by atoms with Gasteiger partial charge in [-0.05, 0) is 79.4 Å². The highest BCUT2D eigenvalue weighted by Gasteiger charge is 2.33. The van der Waals surface area contributed by atoms with Gasteiger partial charge in [-0.1, -0.05) is 36.4 Å². The highest BCUT2D eigenvalue weighted by atomic mass is 19.1. The van der Waals surface area contributed by atoms with Crippen molar-refractivity contribution in [1.29, 1.82) is 0 Å². The van der Waals surface area contributed by atoms with Crippen molar-refractivity contribution in [2.75, 3.05) is 26.2 Å². The van der Waals surface area contributed by atoms with Gasteiger partial charge in [0, 0.05) is 23.9 Å². The lowest BCUT2D eigenvalue weighted by Gasteiger charge is -2.34. The van der Waals surface area contributed by atoms with Gasteiger partial charge in [-0.2, -0.15) is 0 Å². The number of ether oxygens (including phenoxy) is 1. The number of benzene rings is 3. The Morgan fingerprint density at radius 3 is 2.35 bits per heavy atom. The summed E-state index contributed by atoms with van der Waals surface area (Å²) in [6.07, 6.45) is 3.70. The normalized spacial score (nSPS) is 20.9. The third kappa shape index (κ3) is 4.31. The molecule has 1 saturated heterocycles. The van der Waals surface area contributed by atoms with Crippen molar-refractivity contribution in [3.05, 3.63) is 94.8 Å². The topological polar surface area (TPSA) is 32.7 Å². The summed E-state index contributed by atoms with van der Waals surface area (Å²) < 4.78 is 19.6. The molecule has 3 aromatic rings. The van der Waals surface area contributed by atoms with Crippen LogP contribution < -0.4 is 4.74 Å². The first-order chi connectivity index (χ1) is 15.2. The molecule has 1 N–H and O–H groups in total. The lowest BCUT2D eigenvalue weighted by Crippen LogP contribution is -2.25. The van der Waals surface area contributed by atoms with Crippen LogP contribution in [0.4, 0.5) is 4.39 Å². The van der Waals surface area contributed by atoms with Crippen molar-refractivity contribution in [3.63, 3.8) is 0 Å². The Hall–Kier alpha value is -2.85. The maximum atomic E-state index is 13.5. The Morgan fingerprint density at radius 1 is 0.903 bits per heavy atom. The molecule has 2 aliphatic rings. The van der Waals surface area contributed by atoms with E-state index in [4.69, 9.17) is 4.74 Å². The molecule has 2 heterocycles. The molecule has 3 aromatic carbocycles. The van der Waals surface area contributed by atoms with E-state index in [1.54, 1.807) is 12.1 Å². The zero-order valence-corrected chi connectivity index (χ0v) is 17.6. The average molecular weight is 418 g/mol. The fraction of sp³-hybridized carbons (Fsp3) is 0.333. The van der Waals surface area contributed by atoms with Gasteiger partial charge in [-0.3, -0.25) is 0 Å². The number of phenolic OH excluding ortho intramolecular Hbond substituents is 1. The van der Waals surface area contributed by atoms with Crippen molar-refractivity contribution in [2.45, 2.75) is 31.1 Å². The van der Waals surface area contributed by atoms with E-state index in [1.165, 1.54) is 49.2 Å². The smallest absolute Gasteiger partial charge is 0.123 e. The monoisotopic (exact) mass is 417 g/mol. The first kappa shape index (κ1) is 20.1. The zero-order valence-electron chi connectivity index (χ0n) is 17.6. The highest BCUT2D eigenvalue weighted by molar-refractivity contribution is 5.50. The van der Waals surface area contributed by atoms with Crippen LogP contribution in [0.3, 0.4) is 0 Å². The summed E-state index contributed by atoms with van der Waals surface area (Å²) in [7, 11) is 0. The van der Waals surface area contributed by atoms with E-state index < -0.39 is 0 Å². The number of hydrogen-bond acceptors (Lipinski definition) is 3. The minimum absolute atomic E-state index is 0.0361. The van der Waals surface area contributed by atoms with Crippen LogP contribution in [0.1, 0.15) is 46.9 Å². The number of fused-ring (bicyclic) bond motifs is 1. The first-order valence-electron chi connectivity index (χ1n) is 11.2. The second-order valence-electron chi connectivity index (χ2n) is 8.71. The predicted octanol–water partition coefficient (Wildman–Crippen LogP) is 5.48. The van der Waals surface area contributed by atoms with Crippen LogP contribution >= 0.6 is 0 Å². The van der Waals surface area contributed by atoms with Crippen molar-refractivity contribution in [1.82, 2.24) is 4.90 Å². The van der Waals surface area contributed by atoms with E-state index in [9.17, 15) is 9.50 Å². The van der Waals surface area contributed by atoms with Crippen LogP contribution in [0.25, 0.3) is 0 Å². The van der Waals surface area contributed by atoms with Crippen LogP contribution in [-0.2, 0) is 6.42 Å². The summed E-state index contributed by atoms with van der Waals surface area (Å²) in [5, 5.41) is 10.2. The molecule has 2 unspecified atom stereocenters. The average Bonchev–Trinajstić information content (AvgIpc) is 3.32. The second-order valence-corrected chi connectivity index (χ2v) is 8.71. The van der Waals surface area contributed by atoms with Crippen molar-refractivity contribution in [3.8, 4) is 11.5 Å². The lowest BCUT2D eigenvalue weighted by molar-refractivity contribution is 0.248. The molecule has 2 atom stereocenters. The van der Waals surface area contributed by atoms with E-state index in [0.717, 1.165) is 29.8 Å². The number of nitrogens with zero attached hydrogens (tertiary/aromatic N) is 1. The summed E-state index contributed by atoms with van der Waals surface area (Å²) in [4.78, 5) is 2.54. The van der Waals surface area contributed by atoms with E-state index >= 15 is 0 Å². The molecule has 5 rings (SSSR count). The minimum atomic E-state index is -0.238. The van der Waals surface area contributed by atoms with Gasteiger partial charge >= 0.3 is 0 Å². The van der Waals surface area contributed by atoms with Crippen molar-refractivity contribution < 1.29 is 14.2 Å². The molecule has 0 bridgehead atoms. The van der Waals surface area contributed by atoms with Gasteiger partial charge in [0.2, 0.25) is 0 Å². The highest BCUT2D eigenvalue weighted by Crippen LogP contribution is 2.47. The molecule has 0 spiro atoms. The molecule has 2 aliphatic heterocycles. The Kier molecular flexibility index (Phi) is 5.65. The second kappa shape index (κ2) is 8.72. The molecular formula is C27H28FNO2. The van der Waals surface area contributed by atoms with Crippen LogP contribution in [0.2, 0.25) is 0 Å². The summed E-state index contributed by atoms with van der Waals surface area (Å²) in [6.45, 7) is 4.08. The Bertz CT molecular complexity index is 1030. The SMILES string of the molecule is Oc1ccc2c(c1)C(c1ccc(CCN3CCCC3)cc1)C(c1ccc(F)cc1)CO2. The van der Waals surface area contributed by atoms with E-state index in [1.807, 2.05) is 18.2 Å².